The predicted octanol–water partition coefficient (Wildman–Crippen LogP) is 2.79. The van der Waals surface area contributed by atoms with Crippen LogP contribution in [0.15, 0.2) is 45.9 Å². The van der Waals surface area contributed by atoms with Gasteiger partial charge in [0, 0.05) is 35.1 Å². The second kappa shape index (κ2) is 6.64. The summed E-state index contributed by atoms with van der Waals surface area (Å²) >= 11 is 3.33. The molecule has 0 aliphatic rings. The van der Waals surface area contributed by atoms with Gasteiger partial charge in [-0.3, -0.25) is 4.72 Å². The fourth-order valence-corrected chi connectivity index (χ4v) is 3.57. The van der Waals surface area contributed by atoms with Crippen molar-refractivity contribution >= 4 is 31.6 Å². The Bertz CT molecular complexity index is 726. The summed E-state index contributed by atoms with van der Waals surface area (Å²) in [5, 5.41) is 3.04. The van der Waals surface area contributed by atoms with E-state index in [0.29, 0.717) is 12.2 Å². The Balaban J connectivity index is 2.31. The Morgan fingerprint density at radius 1 is 1.29 bits per heavy atom. The molecule has 2 aromatic rings. The number of aryl methyl sites for hydroxylation is 1. The van der Waals surface area contributed by atoms with E-state index in [4.69, 9.17) is 0 Å². The molecule has 1 aromatic carbocycles. The van der Waals surface area contributed by atoms with Crippen LogP contribution >= 0.6 is 15.9 Å². The molecule has 0 saturated carbocycles. The molecule has 2 N–H and O–H groups in total. The maximum absolute atomic E-state index is 12.4. The maximum atomic E-state index is 12.4. The van der Waals surface area contributed by atoms with E-state index in [0.717, 1.165) is 16.7 Å². The van der Waals surface area contributed by atoms with Crippen molar-refractivity contribution in [3.8, 4) is 0 Å². The highest BCUT2D eigenvalue weighted by atomic mass is 79.9. The fourth-order valence-electron chi connectivity index (χ4n) is 2.06. The van der Waals surface area contributed by atoms with Crippen LogP contribution in [0.4, 0.5) is 5.69 Å². The minimum atomic E-state index is -3.58. The highest BCUT2D eigenvalue weighted by Gasteiger charge is 2.18. The molecule has 0 radical (unpaired) electrons. The van der Waals surface area contributed by atoms with Crippen molar-refractivity contribution in [2.45, 2.75) is 24.9 Å². The number of hydrogen-bond acceptors (Lipinski definition) is 3. The van der Waals surface area contributed by atoms with Crippen LogP contribution in [0.2, 0.25) is 0 Å². The summed E-state index contributed by atoms with van der Waals surface area (Å²) in [6.45, 7) is 3.33. The molecule has 0 aliphatic heterocycles. The van der Waals surface area contributed by atoms with Crippen molar-refractivity contribution in [2.75, 3.05) is 11.8 Å². The summed E-state index contributed by atoms with van der Waals surface area (Å²) in [5.74, 6) is 0. The second-order valence-electron chi connectivity index (χ2n) is 4.60. The SMILES string of the molecule is CCn1cc(S(=O)(=O)Nc2cccc(Br)c2)cc1CNC. The third-order valence-corrected chi connectivity index (χ3v) is 4.89. The monoisotopic (exact) mass is 371 g/mol. The van der Waals surface area contributed by atoms with Crippen molar-refractivity contribution in [2.24, 2.45) is 0 Å². The summed E-state index contributed by atoms with van der Waals surface area (Å²) in [4.78, 5) is 0.273. The van der Waals surface area contributed by atoms with Gasteiger partial charge in [-0.2, -0.15) is 0 Å². The van der Waals surface area contributed by atoms with Crippen LogP contribution in [0.1, 0.15) is 12.6 Å². The van der Waals surface area contributed by atoms with E-state index < -0.39 is 10.0 Å². The molecule has 0 aliphatic carbocycles. The molecule has 21 heavy (non-hydrogen) atoms. The first-order valence-electron chi connectivity index (χ1n) is 6.58. The highest BCUT2D eigenvalue weighted by molar-refractivity contribution is 9.10. The third-order valence-electron chi connectivity index (χ3n) is 3.05. The Morgan fingerprint density at radius 2 is 2.05 bits per heavy atom. The number of nitrogens with one attached hydrogen (secondary N) is 2. The van der Waals surface area contributed by atoms with E-state index in [9.17, 15) is 8.42 Å². The second-order valence-corrected chi connectivity index (χ2v) is 7.20. The molecule has 114 valence electrons. The van der Waals surface area contributed by atoms with E-state index in [1.54, 1.807) is 30.5 Å². The lowest BCUT2D eigenvalue weighted by atomic mass is 10.3. The summed E-state index contributed by atoms with van der Waals surface area (Å²) in [6, 6.07) is 8.76. The predicted molar refractivity (Wildman–Crippen MR) is 87.8 cm³/mol. The first kappa shape index (κ1) is 16.1. The molecule has 1 heterocycles. The molecule has 5 nitrogen and oxygen atoms in total. The minimum Gasteiger partial charge on any atom is -0.349 e. The van der Waals surface area contributed by atoms with E-state index in [-0.39, 0.29) is 4.90 Å². The molecule has 2 rings (SSSR count). The van der Waals surface area contributed by atoms with Crippen LogP contribution < -0.4 is 10.0 Å². The van der Waals surface area contributed by atoms with Crippen molar-refractivity contribution in [1.29, 1.82) is 0 Å². The number of rotatable bonds is 6. The van der Waals surface area contributed by atoms with Crippen molar-refractivity contribution in [1.82, 2.24) is 9.88 Å². The van der Waals surface area contributed by atoms with Crippen molar-refractivity contribution in [3.05, 3.63) is 46.7 Å². The van der Waals surface area contributed by atoms with Gasteiger partial charge >= 0.3 is 0 Å². The minimum absolute atomic E-state index is 0.273. The lowest BCUT2D eigenvalue weighted by molar-refractivity contribution is 0.600. The molecule has 7 heteroatoms. The molecular formula is C14H18BrN3O2S. The number of anilines is 1. The Hall–Kier alpha value is -1.31. The zero-order valence-corrected chi connectivity index (χ0v) is 14.3. The quantitative estimate of drug-likeness (QED) is 0.820. The van der Waals surface area contributed by atoms with Gasteiger partial charge in [-0.05, 0) is 38.2 Å². The molecule has 1 aromatic heterocycles. The summed E-state index contributed by atoms with van der Waals surface area (Å²) in [6.07, 6.45) is 1.66. The molecular weight excluding hydrogens is 354 g/mol. The van der Waals surface area contributed by atoms with E-state index in [1.165, 1.54) is 0 Å². The Labute approximate surface area is 133 Å². The lowest BCUT2D eigenvalue weighted by Crippen LogP contribution is -2.12. The molecule has 0 unspecified atom stereocenters. The number of halogens is 1. The number of hydrogen-bond donors (Lipinski definition) is 2. The topological polar surface area (TPSA) is 63.1 Å². The van der Waals surface area contributed by atoms with Gasteiger partial charge in [0.1, 0.15) is 4.90 Å². The normalized spacial score (nSPS) is 11.6. The van der Waals surface area contributed by atoms with Crippen LogP contribution in [-0.2, 0) is 23.1 Å². The first-order chi connectivity index (χ1) is 9.96. The number of benzene rings is 1. The van der Waals surface area contributed by atoms with Gasteiger partial charge < -0.3 is 9.88 Å². The summed E-state index contributed by atoms with van der Waals surface area (Å²) < 4.78 is 30.2. The van der Waals surface area contributed by atoms with Crippen molar-refractivity contribution < 1.29 is 8.42 Å². The standard InChI is InChI=1S/C14H18BrN3O2S/c1-3-18-10-14(8-13(18)9-16-2)21(19,20)17-12-6-4-5-11(15)7-12/h4-8,10,16-17H,3,9H2,1-2H3. The van der Waals surface area contributed by atoms with Crippen LogP contribution in [0.25, 0.3) is 0 Å². The van der Waals surface area contributed by atoms with Crippen LogP contribution in [0.3, 0.4) is 0 Å². The summed E-state index contributed by atoms with van der Waals surface area (Å²) in [7, 11) is -1.75. The average Bonchev–Trinajstić information content (AvgIpc) is 2.83. The van der Waals surface area contributed by atoms with E-state index >= 15 is 0 Å². The molecule has 0 saturated heterocycles. The zero-order chi connectivity index (χ0) is 15.5. The van der Waals surface area contributed by atoms with Gasteiger partial charge in [0.05, 0.1) is 0 Å². The van der Waals surface area contributed by atoms with Gasteiger partial charge in [0.15, 0.2) is 0 Å². The first-order valence-corrected chi connectivity index (χ1v) is 8.86. The van der Waals surface area contributed by atoms with Gasteiger partial charge in [-0.25, -0.2) is 8.42 Å². The van der Waals surface area contributed by atoms with Crippen LogP contribution in [0.5, 0.6) is 0 Å². The van der Waals surface area contributed by atoms with Gasteiger partial charge in [-0.15, -0.1) is 0 Å². The largest absolute Gasteiger partial charge is 0.349 e. The number of nitrogens with zero attached hydrogens (tertiary/aromatic N) is 1. The number of sulfonamides is 1. The van der Waals surface area contributed by atoms with E-state index in [2.05, 4.69) is 26.0 Å². The fraction of sp³-hybridized carbons (Fsp3) is 0.286. The molecule has 0 fully saturated rings. The van der Waals surface area contributed by atoms with Crippen molar-refractivity contribution in [3.63, 3.8) is 0 Å². The Kier molecular flexibility index (Phi) is 5.08. The zero-order valence-electron chi connectivity index (χ0n) is 11.9. The molecule has 0 bridgehead atoms. The van der Waals surface area contributed by atoms with E-state index in [1.807, 2.05) is 24.6 Å². The van der Waals surface area contributed by atoms with Gasteiger partial charge in [0.25, 0.3) is 10.0 Å². The molecule has 0 spiro atoms. The number of aromatic nitrogens is 1. The molecule has 0 atom stereocenters. The molecule has 0 amide bonds. The lowest BCUT2D eigenvalue weighted by Gasteiger charge is -2.06. The highest BCUT2D eigenvalue weighted by Crippen LogP contribution is 2.21. The Morgan fingerprint density at radius 3 is 2.67 bits per heavy atom. The van der Waals surface area contributed by atoms with Crippen LogP contribution in [-0.4, -0.2) is 20.0 Å². The average molecular weight is 372 g/mol. The van der Waals surface area contributed by atoms with Gasteiger partial charge in [0.2, 0.25) is 0 Å². The van der Waals surface area contributed by atoms with Crippen LogP contribution in [0, 0.1) is 0 Å². The summed E-state index contributed by atoms with van der Waals surface area (Å²) in [5.41, 5.74) is 1.47. The smallest absolute Gasteiger partial charge is 0.263 e. The third kappa shape index (κ3) is 3.87. The maximum Gasteiger partial charge on any atom is 0.263 e. The van der Waals surface area contributed by atoms with Gasteiger partial charge in [-0.1, -0.05) is 22.0 Å².